The average molecular weight is 243 g/mol. The topological polar surface area (TPSA) is 52.0 Å². The van der Waals surface area contributed by atoms with Gasteiger partial charge >= 0.3 is 0 Å². The van der Waals surface area contributed by atoms with E-state index in [2.05, 4.69) is 4.98 Å². The van der Waals surface area contributed by atoms with Crippen LogP contribution in [0.3, 0.4) is 0 Å². The Labute approximate surface area is 96.9 Å². The quantitative estimate of drug-likeness (QED) is 0.900. The molecule has 2 heterocycles. The molecule has 0 aliphatic carbocycles. The highest BCUT2D eigenvalue weighted by atomic mass is 35.5. The largest absolute Gasteiger partial charge is 0.444 e. The first kappa shape index (κ1) is 10.7. The van der Waals surface area contributed by atoms with Gasteiger partial charge in [0.15, 0.2) is 0 Å². The van der Waals surface area contributed by atoms with Crippen molar-refractivity contribution in [2.24, 2.45) is 5.73 Å². The van der Waals surface area contributed by atoms with E-state index in [1.807, 2.05) is 19.1 Å². The van der Waals surface area contributed by atoms with Crippen molar-refractivity contribution in [1.29, 1.82) is 0 Å². The Balaban J connectivity index is 2.20. The molecule has 80 valence electrons. The van der Waals surface area contributed by atoms with Crippen molar-refractivity contribution in [1.82, 2.24) is 4.98 Å². The summed E-state index contributed by atoms with van der Waals surface area (Å²) in [5, 5.41) is 0. The van der Waals surface area contributed by atoms with Crippen molar-refractivity contribution in [2.45, 2.75) is 19.4 Å². The maximum atomic E-state index is 5.83. The highest BCUT2D eigenvalue weighted by molar-refractivity contribution is 7.19. The van der Waals surface area contributed by atoms with E-state index in [-0.39, 0.29) is 6.04 Å². The number of halogens is 1. The first-order valence-corrected chi connectivity index (χ1v) is 5.80. The Hall–Kier alpha value is -0.840. The number of hydrogen-bond acceptors (Lipinski definition) is 4. The summed E-state index contributed by atoms with van der Waals surface area (Å²) in [5.41, 5.74) is 6.56. The predicted octanol–water partition coefficient (Wildman–Crippen LogP) is 2.95. The molecule has 2 rings (SSSR count). The molecule has 2 aromatic heterocycles. The Kier molecular flexibility index (Phi) is 3.09. The summed E-state index contributed by atoms with van der Waals surface area (Å²) in [4.78, 5) is 5.28. The molecule has 0 saturated heterocycles. The molecule has 0 aliphatic heterocycles. The van der Waals surface area contributed by atoms with Crippen LogP contribution in [0.2, 0.25) is 4.34 Å². The SMILES string of the molecule is CC(N)Cc1coc(-c2ccc(Cl)s2)n1. The zero-order valence-electron chi connectivity index (χ0n) is 8.24. The molecule has 0 fully saturated rings. The molecule has 2 aromatic rings. The van der Waals surface area contributed by atoms with Crippen LogP contribution in [-0.2, 0) is 6.42 Å². The molecule has 15 heavy (non-hydrogen) atoms. The average Bonchev–Trinajstić information content (AvgIpc) is 2.72. The van der Waals surface area contributed by atoms with Crippen molar-refractivity contribution < 1.29 is 4.42 Å². The molecule has 5 heteroatoms. The molecular weight excluding hydrogens is 232 g/mol. The summed E-state index contributed by atoms with van der Waals surface area (Å²) >= 11 is 7.28. The maximum absolute atomic E-state index is 5.83. The van der Waals surface area contributed by atoms with Crippen LogP contribution in [0.5, 0.6) is 0 Å². The van der Waals surface area contributed by atoms with Gasteiger partial charge in [0.1, 0.15) is 6.26 Å². The van der Waals surface area contributed by atoms with Crippen LogP contribution in [0.1, 0.15) is 12.6 Å². The van der Waals surface area contributed by atoms with Gasteiger partial charge < -0.3 is 10.2 Å². The van der Waals surface area contributed by atoms with Gasteiger partial charge in [-0.2, -0.15) is 0 Å². The number of rotatable bonds is 3. The third-order valence-electron chi connectivity index (χ3n) is 1.87. The molecule has 0 aromatic carbocycles. The normalized spacial score (nSPS) is 13.0. The second kappa shape index (κ2) is 4.35. The van der Waals surface area contributed by atoms with Gasteiger partial charge in [-0.05, 0) is 19.1 Å². The monoisotopic (exact) mass is 242 g/mol. The Morgan fingerprint density at radius 3 is 3.00 bits per heavy atom. The standard InChI is InChI=1S/C10H11ClN2OS/c1-6(12)4-7-5-14-10(13-7)8-2-3-9(11)15-8/h2-3,5-6H,4,12H2,1H3. The minimum Gasteiger partial charge on any atom is -0.444 e. The van der Waals surface area contributed by atoms with E-state index >= 15 is 0 Å². The lowest BCUT2D eigenvalue weighted by Gasteiger charge is -1.98. The van der Waals surface area contributed by atoms with Crippen molar-refractivity contribution in [3.05, 3.63) is 28.4 Å². The molecule has 0 amide bonds. The number of oxazole rings is 1. The summed E-state index contributed by atoms with van der Waals surface area (Å²) in [5.74, 6) is 0.613. The number of thiophene rings is 1. The second-order valence-corrected chi connectivity index (χ2v) is 5.14. The van der Waals surface area contributed by atoms with E-state index in [1.54, 1.807) is 6.26 Å². The van der Waals surface area contributed by atoms with Crippen LogP contribution in [-0.4, -0.2) is 11.0 Å². The van der Waals surface area contributed by atoms with Crippen LogP contribution < -0.4 is 5.73 Å². The van der Waals surface area contributed by atoms with Crippen LogP contribution >= 0.6 is 22.9 Å². The summed E-state index contributed by atoms with van der Waals surface area (Å²) < 4.78 is 6.08. The van der Waals surface area contributed by atoms with Gasteiger partial charge in [-0.1, -0.05) is 11.6 Å². The number of aromatic nitrogens is 1. The van der Waals surface area contributed by atoms with Gasteiger partial charge in [0.25, 0.3) is 0 Å². The van der Waals surface area contributed by atoms with E-state index < -0.39 is 0 Å². The van der Waals surface area contributed by atoms with Gasteiger partial charge in [-0.3, -0.25) is 0 Å². The minimum absolute atomic E-state index is 0.0925. The van der Waals surface area contributed by atoms with Crippen molar-refractivity contribution in [3.8, 4) is 10.8 Å². The zero-order valence-corrected chi connectivity index (χ0v) is 9.81. The van der Waals surface area contributed by atoms with Crippen molar-refractivity contribution in [2.75, 3.05) is 0 Å². The zero-order chi connectivity index (χ0) is 10.8. The van der Waals surface area contributed by atoms with Gasteiger partial charge in [0.2, 0.25) is 5.89 Å². The fourth-order valence-electron chi connectivity index (χ4n) is 1.27. The van der Waals surface area contributed by atoms with Crippen LogP contribution in [0.4, 0.5) is 0 Å². The van der Waals surface area contributed by atoms with Crippen LogP contribution in [0, 0.1) is 0 Å². The smallest absolute Gasteiger partial charge is 0.236 e. The van der Waals surface area contributed by atoms with E-state index in [9.17, 15) is 0 Å². The van der Waals surface area contributed by atoms with Gasteiger partial charge in [0, 0.05) is 12.5 Å². The Morgan fingerprint density at radius 2 is 2.40 bits per heavy atom. The van der Waals surface area contributed by atoms with E-state index in [1.165, 1.54) is 11.3 Å². The minimum atomic E-state index is 0.0925. The molecule has 0 aliphatic rings. The first-order valence-electron chi connectivity index (χ1n) is 4.61. The van der Waals surface area contributed by atoms with Crippen molar-refractivity contribution >= 4 is 22.9 Å². The highest BCUT2D eigenvalue weighted by Gasteiger charge is 2.09. The molecule has 3 nitrogen and oxygen atoms in total. The van der Waals surface area contributed by atoms with Crippen LogP contribution in [0.15, 0.2) is 22.8 Å². The number of nitrogens with zero attached hydrogens (tertiary/aromatic N) is 1. The molecule has 1 atom stereocenters. The molecule has 0 radical (unpaired) electrons. The number of hydrogen-bond donors (Lipinski definition) is 1. The summed E-state index contributed by atoms with van der Waals surface area (Å²) in [7, 11) is 0. The van der Waals surface area contributed by atoms with Gasteiger partial charge in [0.05, 0.1) is 14.9 Å². The predicted molar refractivity (Wildman–Crippen MR) is 62.2 cm³/mol. The van der Waals surface area contributed by atoms with Gasteiger partial charge in [-0.25, -0.2) is 4.98 Å². The van der Waals surface area contributed by atoms with Crippen LogP contribution in [0.25, 0.3) is 10.8 Å². The fraction of sp³-hybridized carbons (Fsp3) is 0.300. The van der Waals surface area contributed by atoms with E-state index in [0.717, 1.165) is 21.3 Å². The van der Waals surface area contributed by atoms with E-state index in [4.69, 9.17) is 21.8 Å². The second-order valence-electron chi connectivity index (χ2n) is 3.43. The van der Waals surface area contributed by atoms with Crippen molar-refractivity contribution in [3.63, 3.8) is 0 Å². The fourth-order valence-corrected chi connectivity index (χ4v) is 2.25. The number of nitrogens with two attached hydrogens (primary N) is 1. The maximum Gasteiger partial charge on any atom is 0.236 e. The third kappa shape index (κ3) is 2.59. The molecular formula is C10H11ClN2OS. The van der Waals surface area contributed by atoms with Gasteiger partial charge in [-0.15, -0.1) is 11.3 Å². The Morgan fingerprint density at radius 1 is 1.60 bits per heavy atom. The highest BCUT2D eigenvalue weighted by Crippen LogP contribution is 2.30. The molecule has 2 N–H and O–H groups in total. The summed E-state index contributed by atoms with van der Waals surface area (Å²) in [6, 6.07) is 3.82. The summed E-state index contributed by atoms with van der Waals surface area (Å²) in [6.45, 7) is 1.94. The molecule has 0 spiro atoms. The first-order chi connectivity index (χ1) is 7.15. The lowest BCUT2D eigenvalue weighted by molar-refractivity contribution is 0.572. The third-order valence-corrected chi connectivity index (χ3v) is 3.09. The lowest BCUT2D eigenvalue weighted by Crippen LogP contribution is -2.17. The summed E-state index contributed by atoms with van der Waals surface area (Å²) in [6.07, 6.45) is 2.37. The molecule has 1 unspecified atom stereocenters. The van der Waals surface area contributed by atoms with E-state index in [0.29, 0.717) is 5.89 Å². The Bertz CT molecular complexity index is 450. The molecule has 0 bridgehead atoms. The lowest BCUT2D eigenvalue weighted by atomic mass is 10.2. The molecule has 0 saturated carbocycles.